The molecule has 0 aromatic heterocycles. The zero-order valence-electron chi connectivity index (χ0n) is 10.0. The van der Waals surface area contributed by atoms with E-state index in [1.807, 2.05) is 30.3 Å². The van der Waals surface area contributed by atoms with Crippen LogP contribution in [0.3, 0.4) is 0 Å². The molecule has 0 saturated carbocycles. The molecular weight excluding hydrogens is 228 g/mol. The van der Waals surface area contributed by atoms with Gasteiger partial charge in [-0.15, -0.1) is 0 Å². The number of methoxy groups -OCH3 is 1. The summed E-state index contributed by atoms with van der Waals surface area (Å²) in [7, 11) is 1.61. The van der Waals surface area contributed by atoms with Gasteiger partial charge in [0.05, 0.1) is 12.7 Å². The number of rotatable bonds is 3. The zero-order valence-corrected chi connectivity index (χ0v) is 10.0. The minimum absolute atomic E-state index is 0.335. The van der Waals surface area contributed by atoms with Crippen LogP contribution < -0.4 is 16.2 Å². The van der Waals surface area contributed by atoms with Gasteiger partial charge in [0, 0.05) is 5.69 Å². The topological polar surface area (TPSA) is 78.3 Å². The largest absolute Gasteiger partial charge is 0.497 e. The van der Waals surface area contributed by atoms with Gasteiger partial charge in [0.2, 0.25) is 0 Å². The number of benzene rings is 2. The van der Waals surface area contributed by atoms with Gasteiger partial charge in [-0.3, -0.25) is 4.79 Å². The van der Waals surface area contributed by atoms with Crippen LogP contribution in [0.1, 0.15) is 10.4 Å². The second-order valence-electron chi connectivity index (χ2n) is 3.90. The molecule has 92 valence electrons. The molecule has 0 bridgehead atoms. The number of ether oxygens (including phenoxy) is 1. The molecule has 0 atom stereocenters. The highest BCUT2D eigenvalue weighted by Gasteiger charge is 2.07. The molecule has 1 amide bonds. The maximum Gasteiger partial charge on any atom is 0.250 e. The van der Waals surface area contributed by atoms with Crippen molar-refractivity contribution in [1.29, 1.82) is 0 Å². The van der Waals surface area contributed by atoms with Gasteiger partial charge in [0.1, 0.15) is 5.75 Å². The van der Waals surface area contributed by atoms with E-state index in [1.54, 1.807) is 19.2 Å². The van der Waals surface area contributed by atoms with Crippen LogP contribution in [0.15, 0.2) is 42.5 Å². The molecule has 4 N–H and O–H groups in total. The Morgan fingerprint density at radius 2 is 1.83 bits per heavy atom. The van der Waals surface area contributed by atoms with Crippen LogP contribution in [-0.2, 0) is 0 Å². The molecular formula is C14H14N2O2. The number of primary amides is 1. The maximum absolute atomic E-state index is 11.1. The number of amides is 1. The first kappa shape index (κ1) is 12.0. The molecule has 0 heterocycles. The Bertz CT molecular complexity index is 594. The van der Waals surface area contributed by atoms with Crippen molar-refractivity contribution in [2.75, 3.05) is 12.8 Å². The van der Waals surface area contributed by atoms with Gasteiger partial charge in [0.15, 0.2) is 0 Å². The first-order chi connectivity index (χ1) is 8.61. The van der Waals surface area contributed by atoms with E-state index in [0.717, 1.165) is 16.9 Å². The van der Waals surface area contributed by atoms with Crippen LogP contribution in [0.4, 0.5) is 5.69 Å². The highest BCUT2D eigenvalue weighted by molar-refractivity contribution is 5.98. The fraction of sp³-hybridized carbons (Fsp3) is 0.0714. The molecule has 0 aliphatic rings. The average molecular weight is 242 g/mol. The van der Waals surface area contributed by atoms with Gasteiger partial charge in [-0.25, -0.2) is 0 Å². The molecule has 4 heteroatoms. The predicted molar refractivity (Wildman–Crippen MR) is 71.4 cm³/mol. The molecule has 2 rings (SSSR count). The third-order valence-electron chi connectivity index (χ3n) is 2.72. The van der Waals surface area contributed by atoms with Crippen molar-refractivity contribution in [2.45, 2.75) is 0 Å². The van der Waals surface area contributed by atoms with E-state index in [9.17, 15) is 4.79 Å². The average Bonchev–Trinajstić information content (AvgIpc) is 2.38. The first-order valence-electron chi connectivity index (χ1n) is 5.45. The molecule has 4 nitrogen and oxygen atoms in total. The summed E-state index contributed by atoms with van der Waals surface area (Å²) in [5.74, 6) is 0.245. The van der Waals surface area contributed by atoms with Crippen molar-refractivity contribution < 1.29 is 9.53 Å². The number of nitrogens with two attached hydrogens (primary N) is 2. The minimum Gasteiger partial charge on any atom is -0.497 e. The summed E-state index contributed by atoms with van der Waals surface area (Å²) >= 11 is 0. The van der Waals surface area contributed by atoms with Crippen molar-refractivity contribution >= 4 is 11.6 Å². The Labute approximate surface area is 105 Å². The molecule has 0 fully saturated rings. The minimum atomic E-state index is -0.523. The molecule has 0 radical (unpaired) electrons. The van der Waals surface area contributed by atoms with E-state index < -0.39 is 5.91 Å². The Morgan fingerprint density at radius 3 is 2.44 bits per heavy atom. The quantitative estimate of drug-likeness (QED) is 0.808. The summed E-state index contributed by atoms with van der Waals surface area (Å²) in [6, 6.07) is 12.8. The fourth-order valence-electron chi connectivity index (χ4n) is 1.77. The van der Waals surface area contributed by atoms with Crippen LogP contribution >= 0.6 is 0 Å². The summed E-state index contributed by atoms with van der Waals surface area (Å²) < 4.78 is 5.16. The van der Waals surface area contributed by atoms with Crippen molar-refractivity contribution in [1.82, 2.24) is 0 Å². The van der Waals surface area contributed by atoms with Gasteiger partial charge in [-0.2, -0.15) is 0 Å². The van der Waals surface area contributed by atoms with Gasteiger partial charge in [-0.05, 0) is 35.4 Å². The number of nitrogen functional groups attached to an aromatic ring is 1. The number of hydrogen-bond acceptors (Lipinski definition) is 3. The maximum atomic E-state index is 11.1. The second-order valence-corrected chi connectivity index (χ2v) is 3.90. The Morgan fingerprint density at radius 1 is 1.11 bits per heavy atom. The Kier molecular flexibility index (Phi) is 3.19. The third-order valence-corrected chi connectivity index (χ3v) is 2.72. The van der Waals surface area contributed by atoms with Gasteiger partial charge < -0.3 is 16.2 Å². The van der Waals surface area contributed by atoms with E-state index in [-0.39, 0.29) is 0 Å². The Hall–Kier alpha value is -2.49. The molecule has 2 aromatic carbocycles. The second kappa shape index (κ2) is 4.79. The summed E-state index contributed by atoms with van der Waals surface area (Å²) in [4.78, 5) is 11.1. The zero-order chi connectivity index (χ0) is 13.1. The third kappa shape index (κ3) is 2.27. The number of hydrogen-bond donors (Lipinski definition) is 2. The van der Waals surface area contributed by atoms with E-state index in [2.05, 4.69) is 0 Å². The SMILES string of the molecule is COc1cccc(-c2ccc(C(N)=O)c(N)c2)c1. The lowest BCUT2D eigenvalue weighted by Gasteiger charge is -2.07. The smallest absolute Gasteiger partial charge is 0.250 e. The molecule has 18 heavy (non-hydrogen) atoms. The van der Waals surface area contributed by atoms with Gasteiger partial charge >= 0.3 is 0 Å². The van der Waals surface area contributed by atoms with Gasteiger partial charge in [0.25, 0.3) is 5.91 Å². The van der Waals surface area contributed by atoms with Crippen LogP contribution in [-0.4, -0.2) is 13.0 Å². The van der Waals surface area contributed by atoms with Crippen LogP contribution in [0, 0.1) is 0 Å². The van der Waals surface area contributed by atoms with Crippen molar-refractivity contribution in [3.63, 3.8) is 0 Å². The van der Waals surface area contributed by atoms with E-state index in [1.165, 1.54) is 0 Å². The highest BCUT2D eigenvalue weighted by Crippen LogP contribution is 2.26. The van der Waals surface area contributed by atoms with E-state index in [4.69, 9.17) is 16.2 Å². The fourth-order valence-corrected chi connectivity index (χ4v) is 1.77. The van der Waals surface area contributed by atoms with E-state index in [0.29, 0.717) is 11.3 Å². The van der Waals surface area contributed by atoms with Crippen molar-refractivity contribution in [2.24, 2.45) is 5.73 Å². The summed E-state index contributed by atoms with van der Waals surface area (Å²) in [5.41, 5.74) is 13.6. The number of anilines is 1. The lowest BCUT2D eigenvalue weighted by molar-refractivity contribution is 0.100. The van der Waals surface area contributed by atoms with Crippen LogP contribution in [0.2, 0.25) is 0 Å². The molecule has 0 saturated heterocycles. The summed E-state index contributed by atoms with van der Waals surface area (Å²) in [6.45, 7) is 0. The lowest BCUT2D eigenvalue weighted by Crippen LogP contribution is -2.13. The first-order valence-corrected chi connectivity index (χ1v) is 5.45. The monoisotopic (exact) mass is 242 g/mol. The predicted octanol–water partition coefficient (Wildman–Crippen LogP) is 2.04. The molecule has 0 aliphatic heterocycles. The number of carbonyl (C=O) groups excluding carboxylic acids is 1. The van der Waals surface area contributed by atoms with Crippen LogP contribution in [0.25, 0.3) is 11.1 Å². The molecule has 0 aliphatic carbocycles. The lowest BCUT2D eigenvalue weighted by atomic mass is 10.0. The summed E-state index contributed by atoms with van der Waals surface area (Å²) in [6.07, 6.45) is 0. The van der Waals surface area contributed by atoms with Crippen LogP contribution in [0.5, 0.6) is 5.75 Å². The highest BCUT2D eigenvalue weighted by atomic mass is 16.5. The molecule has 0 unspecified atom stereocenters. The molecule has 2 aromatic rings. The van der Waals surface area contributed by atoms with Crippen molar-refractivity contribution in [3.05, 3.63) is 48.0 Å². The summed E-state index contributed by atoms with van der Waals surface area (Å²) in [5, 5.41) is 0. The van der Waals surface area contributed by atoms with Crippen molar-refractivity contribution in [3.8, 4) is 16.9 Å². The Balaban J connectivity index is 2.45. The molecule has 0 spiro atoms. The number of carbonyl (C=O) groups is 1. The van der Waals surface area contributed by atoms with Gasteiger partial charge in [-0.1, -0.05) is 18.2 Å². The standard InChI is InChI=1S/C14H14N2O2/c1-18-11-4-2-3-9(7-11)10-5-6-12(14(16)17)13(15)8-10/h2-8H,15H2,1H3,(H2,16,17). The van der Waals surface area contributed by atoms with E-state index >= 15 is 0 Å². The normalized spacial score (nSPS) is 10.1.